The molecule has 0 amide bonds. The Bertz CT molecular complexity index is 871. The van der Waals surface area contributed by atoms with Crippen molar-refractivity contribution in [3.05, 3.63) is 66.2 Å². The second kappa shape index (κ2) is 10.3. The van der Waals surface area contributed by atoms with Gasteiger partial charge in [0.1, 0.15) is 11.6 Å². The zero-order valence-corrected chi connectivity index (χ0v) is 16.3. The van der Waals surface area contributed by atoms with E-state index >= 15 is 0 Å². The molecule has 2 N–H and O–H groups in total. The summed E-state index contributed by atoms with van der Waals surface area (Å²) in [6, 6.07) is 20.1. The zero-order valence-electron chi connectivity index (χ0n) is 16.3. The maximum atomic E-state index is 5.42. The van der Waals surface area contributed by atoms with Crippen molar-refractivity contribution in [2.24, 2.45) is 0 Å². The highest BCUT2D eigenvalue weighted by Crippen LogP contribution is 2.22. The Labute approximate surface area is 166 Å². The van der Waals surface area contributed by atoms with Crippen LogP contribution in [0.25, 0.3) is 11.3 Å². The average molecular weight is 378 g/mol. The molecule has 6 nitrogen and oxygen atoms in total. The molecule has 1 heterocycles. The van der Waals surface area contributed by atoms with Crippen molar-refractivity contribution >= 4 is 11.8 Å². The summed E-state index contributed by atoms with van der Waals surface area (Å²) >= 11 is 0. The van der Waals surface area contributed by atoms with Crippen molar-refractivity contribution < 1.29 is 9.47 Å². The third kappa shape index (κ3) is 5.44. The first-order valence-corrected chi connectivity index (χ1v) is 9.33. The normalized spacial score (nSPS) is 10.5. The molecule has 0 bridgehead atoms. The first-order chi connectivity index (χ1) is 13.8. The summed E-state index contributed by atoms with van der Waals surface area (Å²) < 4.78 is 10.5. The largest absolute Gasteiger partial charge is 0.496 e. The van der Waals surface area contributed by atoms with E-state index in [1.807, 2.05) is 54.6 Å². The maximum absolute atomic E-state index is 5.42. The van der Waals surface area contributed by atoms with Gasteiger partial charge in [-0.3, -0.25) is 0 Å². The summed E-state index contributed by atoms with van der Waals surface area (Å²) in [6.45, 7) is 2.00. The summed E-state index contributed by atoms with van der Waals surface area (Å²) in [7, 11) is 3.37. The van der Waals surface area contributed by atoms with E-state index in [9.17, 15) is 0 Å². The van der Waals surface area contributed by atoms with Gasteiger partial charge in [-0.15, -0.1) is 0 Å². The van der Waals surface area contributed by atoms with Gasteiger partial charge in [-0.1, -0.05) is 48.5 Å². The summed E-state index contributed by atoms with van der Waals surface area (Å²) in [5, 5.41) is 6.62. The van der Waals surface area contributed by atoms with Crippen LogP contribution in [0.15, 0.2) is 60.7 Å². The molecule has 0 radical (unpaired) electrons. The second-order valence-electron chi connectivity index (χ2n) is 6.24. The molecule has 3 aromatic rings. The summed E-state index contributed by atoms with van der Waals surface area (Å²) in [6.07, 6.45) is 0.815. The van der Waals surface area contributed by atoms with Gasteiger partial charge in [0.25, 0.3) is 0 Å². The van der Waals surface area contributed by atoms with Gasteiger partial charge in [0, 0.05) is 31.8 Å². The highest BCUT2D eigenvalue weighted by Gasteiger charge is 2.07. The standard InChI is InChI=1S/C22H26N4O2/c1-27-15-14-23-21-16-19(17-8-4-3-5-9-17)25-22(26-21)24-13-12-18-10-6-7-11-20(18)28-2/h3-11,16H,12-15H2,1-2H3,(H2,23,24,25,26). The van der Waals surface area contributed by atoms with Crippen LogP contribution in [-0.4, -0.2) is 43.9 Å². The van der Waals surface area contributed by atoms with Crippen molar-refractivity contribution in [1.29, 1.82) is 0 Å². The third-order valence-electron chi connectivity index (χ3n) is 4.28. The maximum Gasteiger partial charge on any atom is 0.225 e. The van der Waals surface area contributed by atoms with E-state index in [0.717, 1.165) is 34.8 Å². The smallest absolute Gasteiger partial charge is 0.225 e. The highest BCUT2D eigenvalue weighted by molar-refractivity contribution is 5.64. The third-order valence-corrected chi connectivity index (χ3v) is 4.28. The lowest BCUT2D eigenvalue weighted by atomic mass is 10.1. The van der Waals surface area contributed by atoms with Crippen LogP contribution in [0.3, 0.4) is 0 Å². The van der Waals surface area contributed by atoms with Crippen molar-refractivity contribution in [1.82, 2.24) is 9.97 Å². The Balaban J connectivity index is 1.74. The van der Waals surface area contributed by atoms with E-state index in [-0.39, 0.29) is 0 Å². The number of para-hydroxylation sites is 1. The molecular weight excluding hydrogens is 352 g/mol. The molecule has 0 atom stereocenters. The number of nitrogens with zero attached hydrogens (tertiary/aromatic N) is 2. The molecule has 0 saturated carbocycles. The van der Waals surface area contributed by atoms with Crippen LogP contribution in [0.2, 0.25) is 0 Å². The van der Waals surface area contributed by atoms with Gasteiger partial charge in [0.15, 0.2) is 0 Å². The van der Waals surface area contributed by atoms with E-state index in [1.165, 1.54) is 0 Å². The van der Waals surface area contributed by atoms with E-state index in [2.05, 4.69) is 26.7 Å². The molecule has 0 fully saturated rings. The molecule has 28 heavy (non-hydrogen) atoms. The number of hydrogen-bond acceptors (Lipinski definition) is 6. The number of rotatable bonds is 10. The molecule has 0 unspecified atom stereocenters. The second-order valence-corrected chi connectivity index (χ2v) is 6.24. The van der Waals surface area contributed by atoms with Gasteiger partial charge in [-0.05, 0) is 18.1 Å². The van der Waals surface area contributed by atoms with E-state index in [4.69, 9.17) is 9.47 Å². The van der Waals surface area contributed by atoms with Crippen molar-refractivity contribution in [3.8, 4) is 17.0 Å². The number of ether oxygens (including phenoxy) is 2. The number of nitrogens with one attached hydrogen (secondary N) is 2. The molecule has 0 aliphatic rings. The molecule has 0 saturated heterocycles. The predicted molar refractivity (Wildman–Crippen MR) is 113 cm³/mol. The Morgan fingerprint density at radius 2 is 1.64 bits per heavy atom. The Morgan fingerprint density at radius 3 is 2.43 bits per heavy atom. The minimum absolute atomic E-state index is 0.594. The fourth-order valence-corrected chi connectivity index (χ4v) is 2.87. The number of anilines is 2. The molecule has 1 aromatic heterocycles. The summed E-state index contributed by atoms with van der Waals surface area (Å²) in [4.78, 5) is 9.27. The van der Waals surface area contributed by atoms with Crippen molar-refractivity contribution in [2.45, 2.75) is 6.42 Å². The van der Waals surface area contributed by atoms with E-state index in [0.29, 0.717) is 25.6 Å². The quantitative estimate of drug-likeness (QED) is 0.522. The van der Waals surface area contributed by atoms with Gasteiger partial charge in [0.2, 0.25) is 5.95 Å². The van der Waals surface area contributed by atoms with Crippen LogP contribution < -0.4 is 15.4 Å². The summed E-state index contributed by atoms with van der Waals surface area (Å²) in [5.74, 6) is 2.26. The van der Waals surface area contributed by atoms with Gasteiger partial charge >= 0.3 is 0 Å². The van der Waals surface area contributed by atoms with E-state index < -0.39 is 0 Å². The van der Waals surface area contributed by atoms with Gasteiger partial charge in [-0.25, -0.2) is 4.98 Å². The van der Waals surface area contributed by atoms with Crippen LogP contribution in [-0.2, 0) is 11.2 Å². The zero-order chi connectivity index (χ0) is 19.6. The van der Waals surface area contributed by atoms with Gasteiger partial charge in [0.05, 0.1) is 19.4 Å². The first kappa shape index (κ1) is 19.6. The average Bonchev–Trinajstić information content (AvgIpc) is 2.75. The fraction of sp³-hybridized carbons (Fsp3) is 0.273. The topological polar surface area (TPSA) is 68.3 Å². The van der Waals surface area contributed by atoms with Crippen LogP contribution in [0.5, 0.6) is 5.75 Å². The highest BCUT2D eigenvalue weighted by atomic mass is 16.5. The fourth-order valence-electron chi connectivity index (χ4n) is 2.87. The SMILES string of the molecule is COCCNc1cc(-c2ccccc2)nc(NCCc2ccccc2OC)n1. The van der Waals surface area contributed by atoms with E-state index in [1.54, 1.807) is 14.2 Å². The molecule has 3 rings (SSSR count). The molecule has 6 heteroatoms. The Morgan fingerprint density at radius 1 is 0.857 bits per heavy atom. The number of hydrogen-bond donors (Lipinski definition) is 2. The lowest BCUT2D eigenvalue weighted by Gasteiger charge is -2.12. The van der Waals surface area contributed by atoms with Crippen molar-refractivity contribution in [2.75, 3.05) is 44.5 Å². The Hall–Kier alpha value is -3.12. The monoisotopic (exact) mass is 378 g/mol. The molecule has 146 valence electrons. The van der Waals surface area contributed by atoms with Crippen LogP contribution in [0.1, 0.15) is 5.56 Å². The molecule has 0 spiro atoms. The van der Waals surface area contributed by atoms with Crippen LogP contribution in [0.4, 0.5) is 11.8 Å². The van der Waals surface area contributed by atoms with Gasteiger partial charge in [-0.2, -0.15) is 4.98 Å². The van der Waals surface area contributed by atoms with Crippen LogP contribution in [0, 0.1) is 0 Å². The Kier molecular flexibility index (Phi) is 7.21. The number of benzene rings is 2. The summed E-state index contributed by atoms with van der Waals surface area (Å²) in [5.41, 5.74) is 3.07. The molecule has 0 aliphatic carbocycles. The number of methoxy groups -OCH3 is 2. The minimum Gasteiger partial charge on any atom is -0.496 e. The van der Waals surface area contributed by atoms with Crippen molar-refractivity contribution in [3.63, 3.8) is 0 Å². The lowest BCUT2D eigenvalue weighted by molar-refractivity contribution is 0.210. The number of aromatic nitrogens is 2. The lowest BCUT2D eigenvalue weighted by Crippen LogP contribution is -2.13. The first-order valence-electron chi connectivity index (χ1n) is 9.33. The molecular formula is C22H26N4O2. The molecule has 0 aliphatic heterocycles. The van der Waals surface area contributed by atoms with Crippen LogP contribution >= 0.6 is 0 Å². The van der Waals surface area contributed by atoms with Gasteiger partial charge < -0.3 is 20.1 Å². The molecule has 2 aromatic carbocycles. The minimum atomic E-state index is 0.594. The predicted octanol–water partition coefficient (Wildman–Crippen LogP) is 3.87.